The van der Waals surface area contributed by atoms with E-state index in [1.807, 2.05) is 44.2 Å². The van der Waals surface area contributed by atoms with Crippen molar-refractivity contribution >= 4 is 5.91 Å². The highest BCUT2D eigenvalue weighted by Crippen LogP contribution is 2.14. The Morgan fingerprint density at radius 1 is 1.35 bits per heavy atom. The summed E-state index contributed by atoms with van der Waals surface area (Å²) in [7, 11) is 0. The molecule has 94 valence electrons. The van der Waals surface area contributed by atoms with Gasteiger partial charge in [0.1, 0.15) is 6.04 Å². The van der Waals surface area contributed by atoms with Crippen LogP contribution in [0.3, 0.4) is 0 Å². The monoisotopic (exact) mass is 234 g/mol. The molecule has 0 saturated carbocycles. The first-order valence-corrected chi connectivity index (χ1v) is 6.09. The van der Waals surface area contributed by atoms with E-state index in [0.29, 0.717) is 0 Å². The highest BCUT2D eigenvalue weighted by Gasteiger charge is 2.23. The average molecular weight is 234 g/mol. The number of benzene rings is 1. The minimum atomic E-state index is -0.590. The summed E-state index contributed by atoms with van der Waals surface area (Å²) in [5.74, 6) is -0.116. The van der Waals surface area contributed by atoms with Crippen LogP contribution in [0.15, 0.2) is 30.3 Å². The van der Waals surface area contributed by atoms with Crippen molar-refractivity contribution in [3.8, 4) is 0 Å². The van der Waals surface area contributed by atoms with Crippen LogP contribution in [-0.2, 0) is 4.79 Å². The maximum atomic E-state index is 12.0. The Kier molecular flexibility index (Phi) is 4.70. The van der Waals surface area contributed by atoms with Crippen LogP contribution in [-0.4, -0.2) is 11.4 Å². The van der Waals surface area contributed by atoms with E-state index in [1.54, 1.807) is 0 Å². The Hall–Kier alpha value is -1.35. The molecule has 0 aromatic heterocycles. The minimum absolute atomic E-state index is 0.116. The van der Waals surface area contributed by atoms with Crippen molar-refractivity contribution in [2.24, 2.45) is 5.73 Å². The van der Waals surface area contributed by atoms with Crippen molar-refractivity contribution in [2.75, 3.05) is 0 Å². The second kappa shape index (κ2) is 5.82. The molecule has 0 heterocycles. The second-order valence-corrected chi connectivity index (χ2v) is 5.01. The molecular weight excluding hydrogens is 212 g/mol. The number of hydrogen-bond donors (Lipinski definition) is 2. The smallest absolute Gasteiger partial charge is 0.241 e. The van der Waals surface area contributed by atoms with Gasteiger partial charge in [0.05, 0.1) is 0 Å². The van der Waals surface area contributed by atoms with Gasteiger partial charge in [0, 0.05) is 5.54 Å². The van der Waals surface area contributed by atoms with Gasteiger partial charge in [0.2, 0.25) is 5.91 Å². The molecule has 0 saturated heterocycles. The summed E-state index contributed by atoms with van der Waals surface area (Å²) in [6.45, 7) is 6.14. The van der Waals surface area contributed by atoms with Crippen molar-refractivity contribution in [1.82, 2.24) is 5.32 Å². The Bertz CT molecular complexity index is 360. The first kappa shape index (κ1) is 13.7. The Morgan fingerprint density at radius 3 is 2.47 bits per heavy atom. The third-order valence-electron chi connectivity index (χ3n) is 2.78. The molecule has 1 atom stereocenters. The van der Waals surface area contributed by atoms with Gasteiger partial charge in [-0.05, 0) is 25.8 Å². The van der Waals surface area contributed by atoms with Gasteiger partial charge in [0.25, 0.3) is 0 Å². The van der Waals surface area contributed by atoms with Crippen LogP contribution in [0, 0.1) is 0 Å². The first-order valence-electron chi connectivity index (χ1n) is 6.09. The maximum Gasteiger partial charge on any atom is 0.241 e. The van der Waals surface area contributed by atoms with Crippen molar-refractivity contribution in [3.05, 3.63) is 35.9 Å². The van der Waals surface area contributed by atoms with Crippen LogP contribution in [0.2, 0.25) is 0 Å². The summed E-state index contributed by atoms with van der Waals surface area (Å²) in [6.07, 6.45) is 1.98. The van der Waals surface area contributed by atoms with Crippen LogP contribution >= 0.6 is 0 Å². The molecule has 0 unspecified atom stereocenters. The zero-order valence-electron chi connectivity index (χ0n) is 10.9. The lowest BCUT2D eigenvalue weighted by atomic mass is 9.97. The Labute approximate surface area is 103 Å². The normalized spacial score (nSPS) is 13.2. The maximum absolute atomic E-state index is 12.0. The fraction of sp³-hybridized carbons (Fsp3) is 0.500. The van der Waals surface area contributed by atoms with Gasteiger partial charge >= 0.3 is 0 Å². The summed E-state index contributed by atoms with van der Waals surface area (Å²) in [5, 5.41) is 2.99. The topological polar surface area (TPSA) is 55.1 Å². The SMILES string of the molecule is CCCC(C)(C)NC(=O)[C@@H](N)c1ccccc1. The number of hydrogen-bond acceptors (Lipinski definition) is 2. The zero-order chi connectivity index (χ0) is 12.9. The summed E-state index contributed by atoms with van der Waals surface area (Å²) in [6, 6.07) is 8.84. The average Bonchev–Trinajstić information content (AvgIpc) is 2.28. The molecule has 0 aliphatic rings. The lowest BCUT2D eigenvalue weighted by Crippen LogP contribution is -2.47. The standard InChI is InChI=1S/C14H22N2O/c1-4-10-14(2,3)16-13(17)12(15)11-8-6-5-7-9-11/h5-9,12H,4,10,15H2,1-3H3,(H,16,17)/t12-/m0/s1. The molecule has 0 bridgehead atoms. The van der Waals surface area contributed by atoms with Gasteiger partial charge in [-0.15, -0.1) is 0 Å². The van der Waals surface area contributed by atoms with Gasteiger partial charge < -0.3 is 11.1 Å². The quantitative estimate of drug-likeness (QED) is 0.822. The van der Waals surface area contributed by atoms with Crippen LogP contribution < -0.4 is 11.1 Å². The van der Waals surface area contributed by atoms with Crippen molar-refractivity contribution in [1.29, 1.82) is 0 Å². The third-order valence-corrected chi connectivity index (χ3v) is 2.78. The van der Waals surface area contributed by atoms with E-state index in [2.05, 4.69) is 12.2 Å². The van der Waals surface area contributed by atoms with E-state index >= 15 is 0 Å². The predicted octanol–water partition coefficient (Wildman–Crippen LogP) is 2.38. The molecular formula is C14H22N2O. The number of carbonyl (C=O) groups is 1. The molecule has 0 radical (unpaired) electrons. The first-order chi connectivity index (χ1) is 7.96. The highest BCUT2D eigenvalue weighted by molar-refractivity contribution is 5.83. The molecule has 0 aliphatic heterocycles. The lowest BCUT2D eigenvalue weighted by molar-refractivity contribution is -0.124. The van der Waals surface area contributed by atoms with Crippen molar-refractivity contribution in [2.45, 2.75) is 45.2 Å². The van der Waals surface area contributed by atoms with Crippen molar-refractivity contribution < 1.29 is 4.79 Å². The number of carbonyl (C=O) groups excluding carboxylic acids is 1. The van der Waals surface area contributed by atoms with Crippen molar-refractivity contribution in [3.63, 3.8) is 0 Å². The largest absolute Gasteiger partial charge is 0.350 e. The van der Waals surface area contributed by atoms with Gasteiger partial charge in [-0.3, -0.25) is 4.79 Å². The van der Waals surface area contributed by atoms with Crippen LogP contribution in [0.25, 0.3) is 0 Å². The molecule has 1 aromatic rings. The molecule has 3 heteroatoms. The number of nitrogens with one attached hydrogen (secondary N) is 1. The van der Waals surface area contributed by atoms with Gasteiger partial charge in [-0.2, -0.15) is 0 Å². The Balaban J connectivity index is 2.65. The number of amides is 1. The fourth-order valence-electron chi connectivity index (χ4n) is 1.91. The second-order valence-electron chi connectivity index (χ2n) is 5.01. The van der Waals surface area contributed by atoms with Gasteiger partial charge in [-0.1, -0.05) is 43.7 Å². The van der Waals surface area contributed by atoms with E-state index in [9.17, 15) is 4.79 Å². The summed E-state index contributed by atoms with van der Waals surface area (Å²) >= 11 is 0. The lowest BCUT2D eigenvalue weighted by Gasteiger charge is -2.27. The summed E-state index contributed by atoms with van der Waals surface area (Å²) in [4.78, 5) is 12.0. The van der Waals surface area contributed by atoms with E-state index < -0.39 is 6.04 Å². The molecule has 0 aliphatic carbocycles. The zero-order valence-corrected chi connectivity index (χ0v) is 10.9. The van der Waals surface area contributed by atoms with Crippen LogP contribution in [0.4, 0.5) is 0 Å². The van der Waals surface area contributed by atoms with E-state index in [4.69, 9.17) is 5.73 Å². The number of nitrogens with two attached hydrogens (primary N) is 1. The summed E-state index contributed by atoms with van der Waals surface area (Å²) in [5.41, 5.74) is 6.58. The highest BCUT2D eigenvalue weighted by atomic mass is 16.2. The van der Waals surface area contributed by atoms with Gasteiger partial charge in [0.15, 0.2) is 0 Å². The Morgan fingerprint density at radius 2 is 1.94 bits per heavy atom. The van der Waals surface area contributed by atoms with Crippen LogP contribution in [0.1, 0.15) is 45.2 Å². The molecule has 0 spiro atoms. The minimum Gasteiger partial charge on any atom is -0.350 e. The van der Waals surface area contributed by atoms with E-state index in [1.165, 1.54) is 0 Å². The van der Waals surface area contributed by atoms with E-state index in [-0.39, 0.29) is 11.4 Å². The fourth-order valence-corrected chi connectivity index (χ4v) is 1.91. The molecule has 3 nitrogen and oxygen atoms in total. The van der Waals surface area contributed by atoms with Gasteiger partial charge in [-0.25, -0.2) is 0 Å². The molecule has 1 amide bonds. The third kappa shape index (κ3) is 4.19. The molecule has 0 fully saturated rings. The number of rotatable bonds is 5. The van der Waals surface area contributed by atoms with E-state index in [0.717, 1.165) is 18.4 Å². The molecule has 1 aromatic carbocycles. The van der Waals surface area contributed by atoms with Crippen LogP contribution in [0.5, 0.6) is 0 Å². The molecule has 17 heavy (non-hydrogen) atoms. The predicted molar refractivity (Wildman–Crippen MR) is 70.5 cm³/mol. The summed E-state index contributed by atoms with van der Waals surface area (Å²) < 4.78 is 0. The molecule has 1 rings (SSSR count). The molecule has 3 N–H and O–H groups in total.